The van der Waals surface area contributed by atoms with Gasteiger partial charge in [-0.2, -0.15) is 0 Å². The highest BCUT2D eigenvalue weighted by molar-refractivity contribution is 9.10. The quantitative estimate of drug-likeness (QED) is 0.755. The first kappa shape index (κ1) is 12.9. The first-order chi connectivity index (χ1) is 8.22. The van der Waals surface area contributed by atoms with Gasteiger partial charge in [-0.05, 0) is 45.9 Å². The van der Waals surface area contributed by atoms with Gasteiger partial charge in [-0.1, -0.05) is 30.7 Å². The summed E-state index contributed by atoms with van der Waals surface area (Å²) in [5.74, 6) is 0. The molecule has 1 nitrogen and oxygen atoms in total. The van der Waals surface area contributed by atoms with Crippen molar-refractivity contribution in [2.75, 3.05) is 5.32 Å². The van der Waals surface area contributed by atoms with Crippen molar-refractivity contribution in [3.63, 3.8) is 0 Å². The first-order valence-corrected chi connectivity index (χ1v) is 7.51. The molecule has 1 unspecified atom stereocenters. The van der Waals surface area contributed by atoms with E-state index in [9.17, 15) is 0 Å². The summed E-state index contributed by atoms with van der Waals surface area (Å²) < 4.78 is 0.927. The smallest absolute Gasteiger partial charge is 0.0604 e. The van der Waals surface area contributed by atoms with Gasteiger partial charge in [-0.3, -0.25) is 0 Å². The summed E-state index contributed by atoms with van der Waals surface area (Å²) in [7, 11) is 0. The standard InChI is InChI=1S/C13H13BrClNS/c1-2-10(12-7-4-8-17-12)16-11-6-3-5-9(15)13(11)14/h3-8,10,16H,2H2,1H3. The maximum Gasteiger partial charge on any atom is 0.0604 e. The molecule has 0 fully saturated rings. The summed E-state index contributed by atoms with van der Waals surface area (Å²) in [6, 6.07) is 10.4. The van der Waals surface area contributed by atoms with E-state index in [0.717, 1.165) is 21.6 Å². The van der Waals surface area contributed by atoms with Crippen LogP contribution in [0, 0.1) is 0 Å². The average Bonchev–Trinajstić information content (AvgIpc) is 2.85. The molecule has 0 radical (unpaired) electrons. The normalized spacial score (nSPS) is 12.4. The molecule has 0 saturated carbocycles. The molecule has 90 valence electrons. The van der Waals surface area contributed by atoms with E-state index in [4.69, 9.17) is 11.6 Å². The van der Waals surface area contributed by atoms with Crippen molar-refractivity contribution in [1.29, 1.82) is 0 Å². The summed E-state index contributed by atoms with van der Waals surface area (Å²) in [6.45, 7) is 2.18. The van der Waals surface area contributed by atoms with Gasteiger partial charge in [0.25, 0.3) is 0 Å². The number of nitrogens with one attached hydrogen (secondary N) is 1. The van der Waals surface area contributed by atoms with Crippen LogP contribution >= 0.6 is 38.9 Å². The summed E-state index contributed by atoms with van der Waals surface area (Å²) >= 11 is 11.4. The van der Waals surface area contributed by atoms with E-state index in [2.05, 4.69) is 45.7 Å². The molecule has 0 spiro atoms. The molecule has 0 amide bonds. The lowest BCUT2D eigenvalue weighted by molar-refractivity contribution is 0.763. The maximum atomic E-state index is 6.08. The van der Waals surface area contributed by atoms with Crippen molar-refractivity contribution in [1.82, 2.24) is 0 Å². The summed E-state index contributed by atoms with van der Waals surface area (Å²) in [4.78, 5) is 1.35. The molecule has 0 aliphatic carbocycles. The third kappa shape index (κ3) is 3.03. The van der Waals surface area contributed by atoms with Crippen molar-refractivity contribution in [2.45, 2.75) is 19.4 Å². The van der Waals surface area contributed by atoms with Crippen LogP contribution in [0.3, 0.4) is 0 Å². The van der Waals surface area contributed by atoms with Crippen LogP contribution in [0.4, 0.5) is 5.69 Å². The van der Waals surface area contributed by atoms with Crippen LogP contribution in [-0.4, -0.2) is 0 Å². The Morgan fingerprint density at radius 3 is 2.82 bits per heavy atom. The molecule has 1 atom stereocenters. The minimum atomic E-state index is 0.338. The summed E-state index contributed by atoms with van der Waals surface area (Å²) in [6.07, 6.45) is 1.04. The second kappa shape index (κ2) is 5.89. The average molecular weight is 331 g/mol. The maximum absolute atomic E-state index is 6.08. The second-order valence-electron chi connectivity index (χ2n) is 3.72. The Hall–Kier alpha value is -0.510. The fourth-order valence-corrected chi connectivity index (χ4v) is 3.08. The van der Waals surface area contributed by atoms with E-state index in [1.54, 1.807) is 11.3 Å². The zero-order valence-electron chi connectivity index (χ0n) is 9.41. The van der Waals surface area contributed by atoms with Crippen molar-refractivity contribution >= 4 is 44.6 Å². The van der Waals surface area contributed by atoms with E-state index in [-0.39, 0.29) is 0 Å². The minimum Gasteiger partial charge on any atom is -0.376 e. The van der Waals surface area contributed by atoms with Crippen LogP contribution in [0.5, 0.6) is 0 Å². The molecule has 0 aliphatic heterocycles. The van der Waals surface area contributed by atoms with Crippen LogP contribution in [0.15, 0.2) is 40.2 Å². The van der Waals surface area contributed by atoms with Gasteiger partial charge in [0.05, 0.1) is 21.2 Å². The van der Waals surface area contributed by atoms with Gasteiger partial charge in [0.1, 0.15) is 0 Å². The van der Waals surface area contributed by atoms with Crippen LogP contribution in [-0.2, 0) is 0 Å². The van der Waals surface area contributed by atoms with Crippen molar-refractivity contribution in [2.24, 2.45) is 0 Å². The molecule has 17 heavy (non-hydrogen) atoms. The Kier molecular flexibility index (Phi) is 4.48. The molecule has 0 aliphatic rings. The molecular formula is C13H13BrClNS. The summed E-state index contributed by atoms with van der Waals surface area (Å²) in [5, 5.41) is 6.36. The third-order valence-electron chi connectivity index (χ3n) is 2.58. The van der Waals surface area contributed by atoms with Gasteiger partial charge in [-0.25, -0.2) is 0 Å². The number of halogens is 2. The zero-order chi connectivity index (χ0) is 12.3. The number of anilines is 1. The zero-order valence-corrected chi connectivity index (χ0v) is 12.6. The van der Waals surface area contributed by atoms with Gasteiger partial charge in [0.15, 0.2) is 0 Å². The Balaban J connectivity index is 2.22. The second-order valence-corrected chi connectivity index (χ2v) is 5.90. The highest BCUT2D eigenvalue weighted by Crippen LogP contribution is 2.34. The number of thiophene rings is 1. The molecule has 1 N–H and O–H groups in total. The molecule has 1 aromatic carbocycles. The predicted molar refractivity (Wildman–Crippen MR) is 80.1 cm³/mol. The van der Waals surface area contributed by atoms with Crippen LogP contribution in [0.1, 0.15) is 24.3 Å². The molecule has 0 saturated heterocycles. The van der Waals surface area contributed by atoms with Gasteiger partial charge in [0.2, 0.25) is 0 Å². The van der Waals surface area contributed by atoms with E-state index in [1.807, 2.05) is 18.2 Å². The molecule has 1 aromatic heterocycles. The van der Waals surface area contributed by atoms with Crippen LogP contribution in [0.2, 0.25) is 5.02 Å². The van der Waals surface area contributed by atoms with Crippen LogP contribution < -0.4 is 5.32 Å². The number of rotatable bonds is 4. The third-order valence-corrected chi connectivity index (χ3v) is 4.96. The molecule has 4 heteroatoms. The summed E-state index contributed by atoms with van der Waals surface area (Å²) in [5.41, 5.74) is 1.04. The van der Waals surface area contributed by atoms with Crippen LogP contribution in [0.25, 0.3) is 0 Å². The first-order valence-electron chi connectivity index (χ1n) is 5.46. The lowest BCUT2D eigenvalue weighted by atomic mass is 10.1. The fourth-order valence-electron chi connectivity index (χ4n) is 1.67. The van der Waals surface area contributed by atoms with E-state index >= 15 is 0 Å². The van der Waals surface area contributed by atoms with Gasteiger partial charge in [0, 0.05) is 4.88 Å². The van der Waals surface area contributed by atoms with E-state index in [0.29, 0.717) is 6.04 Å². The highest BCUT2D eigenvalue weighted by atomic mass is 79.9. The fraction of sp³-hybridized carbons (Fsp3) is 0.231. The number of hydrogen-bond acceptors (Lipinski definition) is 2. The SMILES string of the molecule is CCC(Nc1cccc(Cl)c1Br)c1cccs1. The number of hydrogen-bond donors (Lipinski definition) is 1. The topological polar surface area (TPSA) is 12.0 Å². The Morgan fingerprint density at radius 2 is 2.18 bits per heavy atom. The van der Waals surface area contributed by atoms with Gasteiger partial charge in [-0.15, -0.1) is 11.3 Å². The molecular weight excluding hydrogens is 318 g/mol. The highest BCUT2D eigenvalue weighted by Gasteiger charge is 2.12. The van der Waals surface area contributed by atoms with E-state index < -0.39 is 0 Å². The van der Waals surface area contributed by atoms with Crippen molar-refractivity contribution in [3.8, 4) is 0 Å². The monoisotopic (exact) mass is 329 g/mol. The molecule has 2 aromatic rings. The molecule has 0 bridgehead atoms. The minimum absolute atomic E-state index is 0.338. The lowest BCUT2D eigenvalue weighted by Crippen LogP contribution is -2.08. The van der Waals surface area contributed by atoms with Gasteiger partial charge < -0.3 is 5.32 Å². The van der Waals surface area contributed by atoms with Gasteiger partial charge >= 0.3 is 0 Å². The Bertz CT molecular complexity index is 484. The van der Waals surface area contributed by atoms with E-state index in [1.165, 1.54) is 4.88 Å². The molecule has 2 rings (SSSR count). The molecule has 1 heterocycles. The lowest BCUT2D eigenvalue weighted by Gasteiger charge is -2.18. The number of benzene rings is 1. The Labute approximate surface area is 119 Å². The predicted octanol–water partition coefficient (Wildman–Crippen LogP) is 5.73. The largest absolute Gasteiger partial charge is 0.376 e. The Morgan fingerprint density at radius 1 is 1.35 bits per heavy atom. The van der Waals surface area contributed by atoms with Crippen molar-refractivity contribution < 1.29 is 0 Å². The van der Waals surface area contributed by atoms with Crippen molar-refractivity contribution in [3.05, 3.63) is 50.1 Å².